The largest absolute Gasteiger partial charge is 0.463 e. The number of nitrogens with zero attached hydrogens (tertiary/aromatic N) is 1. The van der Waals surface area contributed by atoms with E-state index in [1.807, 2.05) is 6.92 Å². The second-order valence-electron chi connectivity index (χ2n) is 4.20. The van der Waals surface area contributed by atoms with Gasteiger partial charge in [-0.05, 0) is 12.5 Å². The summed E-state index contributed by atoms with van der Waals surface area (Å²) in [5.74, 6) is -1.02. The van der Waals surface area contributed by atoms with Crippen LogP contribution in [0.5, 0.6) is 0 Å². The molecule has 0 radical (unpaired) electrons. The SMILES string of the molecule is CCCn1cc(N)cc1C(=O)OC1CCOC1=O. The number of cyclic esters (lactones) is 1. The minimum atomic E-state index is -0.788. The van der Waals surface area contributed by atoms with Gasteiger partial charge in [-0.2, -0.15) is 0 Å². The highest BCUT2D eigenvalue weighted by Gasteiger charge is 2.31. The number of nitrogen functional groups attached to an aromatic ring is 1. The number of hydrogen-bond acceptors (Lipinski definition) is 5. The molecule has 0 spiro atoms. The second-order valence-corrected chi connectivity index (χ2v) is 4.20. The molecule has 18 heavy (non-hydrogen) atoms. The van der Waals surface area contributed by atoms with Gasteiger partial charge in [0.25, 0.3) is 0 Å². The Kier molecular flexibility index (Phi) is 3.55. The Morgan fingerprint density at radius 3 is 3.06 bits per heavy atom. The van der Waals surface area contributed by atoms with Crippen molar-refractivity contribution in [3.8, 4) is 0 Å². The summed E-state index contributed by atoms with van der Waals surface area (Å²) in [4.78, 5) is 23.2. The van der Waals surface area contributed by atoms with E-state index >= 15 is 0 Å². The van der Waals surface area contributed by atoms with Gasteiger partial charge in [0.2, 0.25) is 6.10 Å². The van der Waals surface area contributed by atoms with Crippen LogP contribution in [-0.2, 0) is 20.8 Å². The molecule has 0 saturated carbocycles. The van der Waals surface area contributed by atoms with Crippen molar-refractivity contribution in [2.24, 2.45) is 0 Å². The normalized spacial score (nSPS) is 18.7. The van der Waals surface area contributed by atoms with E-state index in [0.717, 1.165) is 6.42 Å². The van der Waals surface area contributed by atoms with Gasteiger partial charge in [-0.3, -0.25) is 0 Å². The van der Waals surface area contributed by atoms with Crippen LogP contribution in [0.25, 0.3) is 0 Å². The van der Waals surface area contributed by atoms with Crippen LogP contribution in [0.2, 0.25) is 0 Å². The summed E-state index contributed by atoms with van der Waals surface area (Å²) in [6, 6.07) is 1.55. The third kappa shape index (κ3) is 2.47. The van der Waals surface area contributed by atoms with Gasteiger partial charge in [0.15, 0.2) is 0 Å². The molecule has 0 aliphatic carbocycles. The number of esters is 2. The molecule has 1 fully saturated rings. The Bertz CT molecular complexity index is 467. The molecule has 2 rings (SSSR count). The van der Waals surface area contributed by atoms with Gasteiger partial charge in [-0.15, -0.1) is 0 Å². The Labute approximate surface area is 105 Å². The Hall–Kier alpha value is -1.98. The van der Waals surface area contributed by atoms with Crippen LogP contribution in [-0.4, -0.2) is 29.2 Å². The fourth-order valence-corrected chi connectivity index (χ4v) is 1.90. The molecule has 2 N–H and O–H groups in total. The molecular formula is C12H16N2O4. The lowest BCUT2D eigenvalue weighted by Crippen LogP contribution is -2.24. The van der Waals surface area contributed by atoms with Crippen molar-refractivity contribution in [2.75, 3.05) is 12.3 Å². The zero-order valence-electron chi connectivity index (χ0n) is 10.2. The lowest BCUT2D eigenvalue weighted by Gasteiger charge is -2.10. The molecule has 1 aromatic heterocycles. The van der Waals surface area contributed by atoms with Crippen molar-refractivity contribution in [3.63, 3.8) is 0 Å². The minimum absolute atomic E-state index is 0.300. The molecule has 1 saturated heterocycles. The van der Waals surface area contributed by atoms with Crippen LogP contribution in [0.3, 0.4) is 0 Å². The number of aryl methyl sites for hydroxylation is 1. The molecule has 6 heteroatoms. The number of carbonyl (C=O) groups excluding carboxylic acids is 2. The number of rotatable bonds is 4. The fourth-order valence-electron chi connectivity index (χ4n) is 1.90. The van der Waals surface area contributed by atoms with Crippen molar-refractivity contribution >= 4 is 17.6 Å². The van der Waals surface area contributed by atoms with Crippen molar-refractivity contribution in [2.45, 2.75) is 32.4 Å². The molecule has 2 heterocycles. The summed E-state index contributed by atoms with van der Waals surface area (Å²) in [6.07, 6.45) is 2.19. The molecule has 1 aliphatic rings. The predicted molar refractivity (Wildman–Crippen MR) is 63.9 cm³/mol. The summed E-state index contributed by atoms with van der Waals surface area (Å²) >= 11 is 0. The quantitative estimate of drug-likeness (QED) is 0.807. The van der Waals surface area contributed by atoms with E-state index in [1.54, 1.807) is 16.8 Å². The minimum Gasteiger partial charge on any atom is -0.463 e. The van der Waals surface area contributed by atoms with Gasteiger partial charge in [-0.25, -0.2) is 9.59 Å². The van der Waals surface area contributed by atoms with Gasteiger partial charge >= 0.3 is 11.9 Å². The lowest BCUT2D eigenvalue weighted by atomic mass is 10.3. The van der Waals surface area contributed by atoms with Gasteiger partial charge in [0, 0.05) is 19.2 Å². The van der Waals surface area contributed by atoms with E-state index in [0.29, 0.717) is 31.0 Å². The monoisotopic (exact) mass is 252 g/mol. The van der Waals surface area contributed by atoms with E-state index in [2.05, 4.69) is 0 Å². The lowest BCUT2D eigenvalue weighted by molar-refractivity contribution is -0.145. The maximum Gasteiger partial charge on any atom is 0.355 e. The predicted octanol–water partition coefficient (Wildman–Crippen LogP) is 0.953. The van der Waals surface area contributed by atoms with E-state index in [9.17, 15) is 9.59 Å². The van der Waals surface area contributed by atoms with Crippen molar-refractivity contribution in [1.82, 2.24) is 4.57 Å². The highest BCUT2D eigenvalue weighted by Crippen LogP contribution is 2.16. The molecule has 6 nitrogen and oxygen atoms in total. The zero-order valence-corrected chi connectivity index (χ0v) is 10.2. The first-order valence-electron chi connectivity index (χ1n) is 5.95. The van der Waals surface area contributed by atoms with E-state index in [-0.39, 0.29) is 0 Å². The highest BCUT2D eigenvalue weighted by molar-refractivity contribution is 5.91. The number of nitrogens with two attached hydrogens (primary N) is 1. The van der Waals surface area contributed by atoms with Gasteiger partial charge in [-0.1, -0.05) is 6.92 Å². The molecular weight excluding hydrogens is 236 g/mol. The summed E-state index contributed by atoms with van der Waals surface area (Å²) in [6.45, 7) is 2.98. The smallest absolute Gasteiger partial charge is 0.355 e. The number of anilines is 1. The molecule has 1 aliphatic heterocycles. The fraction of sp³-hybridized carbons (Fsp3) is 0.500. The molecule has 98 valence electrons. The molecule has 0 amide bonds. The standard InChI is InChI=1S/C12H16N2O4/c1-2-4-14-7-8(13)6-9(14)11(15)18-10-3-5-17-12(10)16/h6-7,10H,2-5,13H2,1H3. The van der Waals surface area contributed by atoms with Gasteiger partial charge in [0.1, 0.15) is 5.69 Å². The molecule has 1 atom stereocenters. The summed E-state index contributed by atoms with van der Waals surface area (Å²) in [5.41, 5.74) is 6.54. The summed E-state index contributed by atoms with van der Waals surface area (Å²) in [5, 5.41) is 0. The third-order valence-corrected chi connectivity index (χ3v) is 2.73. The Morgan fingerprint density at radius 2 is 2.44 bits per heavy atom. The van der Waals surface area contributed by atoms with Crippen LogP contribution in [0.4, 0.5) is 5.69 Å². The van der Waals surface area contributed by atoms with Crippen LogP contribution in [0.15, 0.2) is 12.3 Å². The van der Waals surface area contributed by atoms with Crippen molar-refractivity contribution in [3.05, 3.63) is 18.0 Å². The Morgan fingerprint density at radius 1 is 1.67 bits per heavy atom. The summed E-state index contributed by atoms with van der Waals surface area (Å²) < 4.78 is 11.6. The first kappa shape index (κ1) is 12.5. The van der Waals surface area contributed by atoms with E-state index in [1.165, 1.54) is 0 Å². The van der Waals surface area contributed by atoms with E-state index in [4.69, 9.17) is 15.2 Å². The topological polar surface area (TPSA) is 83.6 Å². The molecule has 0 bridgehead atoms. The van der Waals surface area contributed by atoms with Gasteiger partial charge in [0.05, 0.1) is 12.3 Å². The number of carbonyl (C=O) groups is 2. The zero-order chi connectivity index (χ0) is 13.1. The third-order valence-electron chi connectivity index (χ3n) is 2.73. The number of aromatic nitrogens is 1. The molecule has 1 aromatic rings. The van der Waals surface area contributed by atoms with Crippen molar-refractivity contribution in [1.29, 1.82) is 0 Å². The van der Waals surface area contributed by atoms with Crippen LogP contribution >= 0.6 is 0 Å². The van der Waals surface area contributed by atoms with Crippen LogP contribution in [0.1, 0.15) is 30.3 Å². The first-order chi connectivity index (χ1) is 8.61. The average molecular weight is 252 g/mol. The van der Waals surface area contributed by atoms with Gasteiger partial charge < -0.3 is 19.8 Å². The number of hydrogen-bond donors (Lipinski definition) is 1. The Balaban J connectivity index is 2.10. The van der Waals surface area contributed by atoms with Crippen LogP contribution < -0.4 is 5.73 Å². The average Bonchev–Trinajstić information content (AvgIpc) is 2.87. The van der Waals surface area contributed by atoms with Crippen molar-refractivity contribution < 1.29 is 19.1 Å². The van der Waals surface area contributed by atoms with E-state index < -0.39 is 18.0 Å². The molecule has 0 aromatic carbocycles. The first-order valence-corrected chi connectivity index (χ1v) is 5.95. The number of ether oxygens (including phenoxy) is 2. The molecule has 1 unspecified atom stereocenters. The maximum atomic E-state index is 11.9. The van der Waals surface area contributed by atoms with Crippen LogP contribution in [0, 0.1) is 0 Å². The maximum absolute atomic E-state index is 11.9. The second kappa shape index (κ2) is 5.12. The summed E-state index contributed by atoms with van der Waals surface area (Å²) in [7, 11) is 0. The highest BCUT2D eigenvalue weighted by atomic mass is 16.6.